The van der Waals surface area contributed by atoms with Gasteiger partial charge in [-0.2, -0.15) is 4.98 Å². The molecule has 0 radical (unpaired) electrons. The van der Waals surface area contributed by atoms with Crippen LogP contribution in [0.3, 0.4) is 0 Å². The first-order valence-electron chi connectivity index (χ1n) is 7.22. The number of aliphatic hydroxyl groups is 3. The van der Waals surface area contributed by atoms with Crippen LogP contribution in [-0.4, -0.2) is 85.1 Å². The Kier molecular flexibility index (Phi) is 4.32. The minimum Gasteiger partial charge on any atom is -0.394 e. The summed E-state index contributed by atoms with van der Waals surface area (Å²) >= 11 is 0. The van der Waals surface area contributed by atoms with Crippen molar-refractivity contribution in [2.24, 2.45) is 4.99 Å². The molecule has 2 aromatic rings. The summed E-state index contributed by atoms with van der Waals surface area (Å²) in [5.74, 6) is 0.212. The van der Waals surface area contributed by atoms with Crippen LogP contribution >= 0.6 is 0 Å². The summed E-state index contributed by atoms with van der Waals surface area (Å²) in [5.41, 5.74) is -0.174. The number of ether oxygens (including phenoxy) is 1. The summed E-state index contributed by atoms with van der Waals surface area (Å²) in [6.45, 7) is -0.451. The van der Waals surface area contributed by atoms with E-state index in [1.165, 1.54) is 17.2 Å². The van der Waals surface area contributed by atoms with Crippen molar-refractivity contribution in [2.75, 3.05) is 20.7 Å². The molecule has 0 amide bonds. The Hall–Kier alpha value is -2.34. The molecule has 4 N–H and O–H groups in total. The molecule has 1 saturated heterocycles. The smallest absolute Gasteiger partial charge is 0.348 e. The number of aliphatic hydroxyl groups excluding tert-OH is 3. The topological polar surface area (TPSA) is 149 Å². The number of hydrogen-bond donors (Lipinski definition) is 4. The predicted octanol–water partition coefficient (Wildman–Crippen LogP) is -2.05. The Morgan fingerprint density at radius 2 is 2.21 bits per heavy atom. The van der Waals surface area contributed by atoms with Crippen molar-refractivity contribution in [2.45, 2.75) is 24.5 Å². The molecule has 1 unspecified atom stereocenters. The molecule has 1 fully saturated rings. The minimum absolute atomic E-state index is 0.152. The van der Waals surface area contributed by atoms with Crippen LogP contribution in [0, 0.1) is 0 Å². The van der Waals surface area contributed by atoms with Crippen molar-refractivity contribution in [1.82, 2.24) is 24.4 Å². The summed E-state index contributed by atoms with van der Waals surface area (Å²) in [4.78, 5) is 28.1. The highest BCUT2D eigenvalue weighted by Crippen LogP contribution is 2.32. The standard InChI is InChI=1S/C13H18N6O5/c1-18(2)4-15-10-7-11(17-13(23)16-10)19(5-14-7)12-9(22)8(21)6(3-20)24-12/h4-6,8-9,12,20-22H,3H2,1-2H3,(H,16,17,23)/t6-,8?,9+,12-/m1/s1. The Bertz CT molecular complexity index is 815. The van der Waals surface area contributed by atoms with Gasteiger partial charge in [0, 0.05) is 14.1 Å². The second-order valence-electron chi connectivity index (χ2n) is 5.65. The number of rotatable bonds is 4. The van der Waals surface area contributed by atoms with Gasteiger partial charge in [0.1, 0.15) is 18.3 Å². The summed E-state index contributed by atoms with van der Waals surface area (Å²) in [7, 11) is 3.55. The highest BCUT2D eigenvalue weighted by Gasteiger charge is 2.44. The monoisotopic (exact) mass is 338 g/mol. The first kappa shape index (κ1) is 16.5. The quantitative estimate of drug-likeness (QED) is 0.368. The number of aromatic nitrogens is 4. The maximum atomic E-state index is 11.8. The van der Waals surface area contributed by atoms with E-state index in [2.05, 4.69) is 19.9 Å². The van der Waals surface area contributed by atoms with Crippen molar-refractivity contribution in [3.05, 3.63) is 16.8 Å². The first-order chi connectivity index (χ1) is 11.4. The van der Waals surface area contributed by atoms with Gasteiger partial charge in [-0.1, -0.05) is 0 Å². The highest BCUT2D eigenvalue weighted by atomic mass is 16.6. The number of hydrogen-bond acceptors (Lipinski definition) is 8. The lowest BCUT2D eigenvalue weighted by atomic mass is 10.1. The largest absolute Gasteiger partial charge is 0.394 e. The number of nitrogens with one attached hydrogen (secondary N) is 1. The van der Waals surface area contributed by atoms with E-state index in [-0.39, 0.29) is 11.5 Å². The van der Waals surface area contributed by atoms with E-state index in [0.29, 0.717) is 5.52 Å². The molecule has 24 heavy (non-hydrogen) atoms. The lowest BCUT2D eigenvalue weighted by Gasteiger charge is -2.16. The van der Waals surface area contributed by atoms with Crippen LogP contribution in [-0.2, 0) is 4.74 Å². The van der Waals surface area contributed by atoms with E-state index in [1.807, 2.05) is 0 Å². The lowest BCUT2D eigenvalue weighted by Crippen LogP contribution is -2.33. The zero-order valence-electron chi connectivity index (χ0n) is 13.1. The van der Waals surface area contributed by atoms with Crippen molar-refractivity contribution in [3.63, 3.8) is 0 Å². The van der Waals surface area contributed by atoms with Crippen LogP contribution in [0.1, 0.15) is 6.23 Å². The number of aromatic amines is 1. The molecule has 1 aliphatic heterocycles. The molecule has 3 heterocycles. The predicted molar refractivity (Wildman–Crippen MR) is 83.0 cm³/mol. The second kappa shape index (κ2) is 6.28. The number of aliphatic imine (C=N–C) groups is 1. The average Bonchev–Trinajstić information content (AvgIpc) is 3.07. The lowest BCUT2D eigenvalue weighted by molar-refractivity contribution is -0.0511. The van der Waals surface area contributed by atoms with Gasteiger partial charge in [0.25, 0.3) is 0 Å². The zero-order chi connectivity index (χ0) is 17.4. The molecule has 0 aromatic carbocycles. The third kappa shape index (κ3) is 2.78. The fraction of sp³-hybridized carbons (Fsp3) is 0.538. The van der Waals surface area contributed by atoms with Gasteiger partial charge in [0.2, 0.25) is 0 Å². The van der Waals surface area contributed by atoms with E-state index >= 15 is 0 Å². The summed E-state index contributed by atoms with van der Waals surface area (Å²) in [6, 6.07) is 0. The molecule has 11 nitrogen and oxygen atoms in total. The van der Waals surface area contributed by atoms with Gasteiger partial charge in [-0.3, -0.25) is 9.55 Å². The first-order valence-corrected chi connectivity index (χ1v) is 7.22. The van der Waals surface area contributed by atoms with Gasteiger partial charge >= 0.3 is 5.69 Å². The maximum Gasteiger partial charge on any atom is 0.348 e. The van der Waals surface area contributed by atoms with Gasteiger partial charge in [0.05, 0.1) is 19.3 Å². The van der Waals surface area contributed by atoms with Gasteiger partial charge in [-0.15, -0.1) is 0 Å². The molecule has 130 valence electrons. The number of fused-ring (bicyclic) bond motifs is 1. The van der Waals surface area contributed by atoms with E-state index in [4.69, 9.17) is 4.74 Å². The minimum atomic E-state index is -1.30. The normalized spacial score (nSPS) is 27.4. The molecule has 3 rings (SSSR count). The Labute approximate surface area is 135 Å². The molecule has 0 saturated carbocycles. The van der Waals surface area contributed by atoms with Crippen LogP contribution < -0.4 is 5.69 Å². The highest BCUT2D eigenvalue weighted by molar-refractivity contribution is 5.82. The molecule has 0 aliphatic carbocycles. The molecule has 0 spiro atoms. The molecule has 2 aromatic heterocycles. The van der Waals surface area contributed by atoms with Crippen LogP contribution in [0.25, 0.3) is 11.2 Å². The molecule has 0 bridgehead atoms. The molecule has 11 heteroatoms. The van der Waals surface area contributed by atoms with Gasteiger partial charge < -0.3 is 25.0 Å². The van der Waals surface area contributed by atoms with Crippen molar-refractivity contribution < 1.29 is 20.1 Å². The average molecular weight is 338 g/mol. The van der Waals surface area contributed by atoms with Gasteiger partial charge in [-0.05, 0) is 0 Å². The van der Waals surface area contributed by atoms with Gasteiger partial charge in [0.15, 0.2) is 23.2 Å². The third-order valence-corrected chi connectivity index (χ3v) is 3.63. The second-order valence-corrected chi connectivity index (χ2v) is 5.65. The number of imidazole rings is 1. The molecule has 4 atom stereocenters. The van der Waals surface area contributed by atoms with Crippen molar-refractivity contribution >= 4 is 23.3 Å². The molecular formula is C13H18N6O5. The van der Waals surface area contributed by atoms with Gasteiger partial charge in [-0.25, -0.2) is 14.8 Å². The molecule has 1 aliphatic rings. The maximum absolute atomic E-state index is 11.8. The summed E-state index contributed by atoms with van der Waals surface area (Å²) < 4.78 is 6.78. The fourth-order valence-corrected chi connectivity index (χ4v) is 2.48. The number of H-pyrrole nitrogens is 1. The van der Waals surface area contributed by atoms with Crippen LogP contribution in [0.2, 0.25) is 0 Å². The van der Waals surface area contributed by atoms with Crippen molar-refractivity contribution in [3.8, 4) is 0 Å². The fourth-order valence-electron chi connectivity index (χ4n) is 2.48. The Balaban J connectivity index is 2.07. The van der Waals surface area contributed by atoms with Crippen LogP contribution in [0.4, 0.5) is 5.82 Å². The Morgan fingerprint density at radius 1 is 1.46 bits per heavy atom. The number of nitrogens with zero attached hydrogens (tertiary/aromatic N) is 5. The third-order valence-electron chi connectivity index (χ3n) is 3.63. The Morgan fingerprint density at radius 3 is 2.83 bits per heavy atom. The SMILES string of the molecule is CN(C)C=Nc1[nH]c(=O)nc2c1ncn2[C@@H]1O[C@H](CO)C(O)[C@@H]1O. The van der Waals surface area contributed by atoms with E-state index in [9.17, 15) is 20.1 Å². The zero-order valence-corrected chi connectivity index (χ0v) is 13.1. The van der Waals surface area contributed by atoms with E-state index < -0.39 is 36.8 Å². The molecular weight excluding hydrogens is 320 g/mol. The van der Waals surface area contributed by atoms with Crippen molar-refractivity contribution in [1.29, 1.82) is 0 Å². The van der Waals surface area contributed by atoms with Crippen LogP contribution in [0.15, 0.2) is 16.1 Å². The summed E-state index contributed by atoms with van der Waals surface area (Å²) in [6.07, 6.45) is -1.69. The van der Waals surface area contributed by atoms with E-state index in [1.54, 1.807) is 19.0 Å². The van der Waals surface area contributed by atoms with Crippen LogP contribution in [0.5, 0.6) is 0 Å². The summed E-state index contributed by atoms with van der Waals surface area (Å²) in [5, 5.41) is 29.2. The van der Waals surface area contributed by atoms with E-state index in [0.717, 1.165) is 0 Å².